The molecule has 0 aliphatic carbocycles. The van der Waals surface area contributed by atoms with Gasteiger partial charge in [-0.3, -0.25) is 9.10 Å². The van der Waals surface area contributed by atoms with Gasteiger partial charge in [-0.05, 0) is 43.4 Å². The van der Waals surface area contributed by atoms with Gasteiger partial charge in [0.25, 0.3) is 0 Å². The maximum Gasteiger partial charge on any atom is 0.241 e. The number of nitrogens with two attached hydrogens (primary N) is 1. The van der Waals surface area contributed by atoms with Crippen LogP contribution in [0, 0.1) is 5.92 Å². The van der Waals surface area contributed by atoms with Crippen LogP contribution in [-0.4, -0.2) is 45.9 Å². The SMILES string of the molecule is Cl.NC(C(=O)Nc1cccc(N2CCCS2(=O)=O)c1)C1CCOCC1. The van der Waals surface area contributed by atoms with Gasteiger partial charge in [-0.15, -0.1) is 12.4 Å². The van der Waals surface area contributed by atoms with Gasteiger partial charge >= 0.3 is 0 Å². The lowest BCUT2D eigenvalue weighted by molar-refractivity contribution is -0.119. The maximum atomic E-state index is 12.4. The Balaban J connectivity index is 0.00000225. The molecular formula is C16H24ClN3O4S. The molecule has 0 radical (unpaired) electrons. The molecular weight excluding hydrogens is 366 g/mol. The Morgan fingerprint density at radius 1 is 1.32 bits per heavy atom. The zero-order chi connectivity index (χ0) is 17.2. The molecule has 2 heterocycles. The third-order valence-electron chi connectivity index (χ3n) is 4.58. The van der Waals surface area contributed by atoms with Crippen molar-refractivity contribution in [3.63, 3.8) is 0 Å². The lowest BCUT2D eigenvalue weighted by Gasteiger charge is -2.26. The average Bonchev–Trinajstić information content (AvgIpc) is 2.94. The van der Waals surface area contributed by atoms with Gasteiger partial charge in [-0.1, -0.05) is 6.07 Å². The Morgan fingerprint density at radius 2 is 2.04 bits per heavy atom. The summed E-state index contributed by atoms with van der Waals surface area (Å²) in [6.45, 7) is 1.74. The van der Waals surface area contributed by atoms with E-state index in [2.05, 4.69) is 5.32 Å². The van der Waals surface area contributed by atoms with Gasteiger partial charge in [-0.2, -0.15) is 0 Å². The molecule has 140 valence electrons. The summed E-state index contributed by atoms with van der Waals surface area (Å²) in [6.07, 6.45) is 2.18. The molecule has 0 saturated carbocycles. The lowest BCUT2D eigenvalue weighted by atomic mass is 9.92. The number of hydrogen-bond donors (Lipinski definition) is 2. The predicted molar refractivity (Wildman–Crippen MR) is 99.6 cm³/mol. The van der Waals surface area contributed by atoms with Gasteiger partial charge in [0.15, 0.2) is 0 Å². The summed E-state index contributed by atoms with van der Waals surface area (Å²) in [6, 6.07) is 6.29. The van der Waals surface area contributed by atoms with Gasteiger partial charge in [0, 0.05) is 25.4 Å². The molecule has 0 bridgehead atoms. The highest BCUT2D eigenvalue weighted by molar-refractivity contribution is 7.93. The third kappa shape index (κ3) is 4.63. The standard InChI is InChI=1S/C16H23N3O4S.ClH/c17-15(12-5-8-23-9-6-12)16(20)18-13-3-1-4-14(11-13)19-7-2-10-24(19,21)22;/h1,3-4,11-12,15H,2,5-10,17H2,(H,18,20);1H. The predicted octanol–water partition coefficient (Wildman–Crippen LogP) is 1.34. The highest BCUT2D eigenvalue weighted by Crippen LogP contribution is 2.27. The van der Waals surface area contributed by atoms with Gasteiger partial charge in [0.05, 0.1) is 17.5 Å². The number of ether oxygens (including phenoxy) is 1. The summed E-state index contributed by atoms with van der Waals surface area (Å²) >= 11 is 0. The Hall–Kier alpha value is -1.35. The fourth-order valence-corrected chi connectivity index (χ4v) is 4.74. The van der Waals surface area contributed by atoms with Crippen molar-refractivity contribution >= 4 is 39.7 Å². The second-order valence-electron chi connectivity index (χ2n) is 6.26. The van der Waals surface area contributed by atoms with E-state index in [9.17, 15) is 13.2 Å². The fraction of sp³-hybridized carbons (Fsp3) is 0.562. The summed E-state index contributed by atoms with van der Waals surface area (Å²) in [7, 11) is -3.24. The molecule has 1 amide bonds. The molecule has 3 rings (SSSR count). The number of carbonyl (C=O) groups excluding carboxylic acids is 1. The average molecular weight is 390 g/mol. The summed E-state index contributed by atoms with van der Waals surface area (Å²) in [5.41, 5.74) is 7.20. The largest absolute Gasteiger partial charge is 0.381 e. The first-order valence-corrected chi connectivity index (χ1v) is 9.83. The van der Waals surface area contributed by atoms with Crippen LogP contribution < -0.4 is 15.4 Å². The van der Waals surface area contributed by atoms with Crippen LogP contribution in [-0.2, 0) is 19.6 Å². The van der Waals surface area contributed by atoms with E-state index in [4.69, 9.17) is 10.5 Å². The first-order chi connectivity index (χ1) is 11.5. The normalized spacial score (nSPS) is 21.4. The molecule has 2 saturated heterocycles. The molecule has 2 aliphatic heterocycles. The topological polar surface area (TPSA) is 102 Å². The molecule has 1 aromatic rings. The van der Waals surface area contributed by atoms with Crippen LogP contribution in [0.2, 0.25) is 0 Å². The number of benzene rings is 1. The number of amides is 1. The summed E-state index contributed by atoms with van der Waals surface area (Å²) in [4.78, 5) is 12.4. The third-order valence-corrected chi connectivity index (χ3v) is 6.45. The smallest absolute Gasteiger partial charge is 0.241 e. The quantitative estimate of drug-likeness (QED) is 0.809. The van der Waals surface area contributed by atoms with Crippen molar-refractivity contribution in [3.8, 4) is 0 Å². The second-order valence-corrected chi connectivity index (χ2v) is 8.27. The number of halogens is 1. The Morgan fingerprint density at radius 3 is 2.68 bits per heavy atom. The van der Waals surface area contributed by atoms with Crippen LogP contribution in [0.25, 0.3) is 0 Å². The zero-order valence-corrected chi connectivity index (χ0v) is 15.5. The number of anilines is 2. The summed E-state index contributed by atoms with van der Waals surface area (Å²) < 4.78 is 30.7. The maximum absolute atomic E-state index is 12.4. The highest BCUT2D eigenvalue weighted by Gasteiger charge is 2.29. The molecule has 1 aromatic carbocycles. The molecule has 2 fully saturated rings. The summed E-state index contributed by atoms with van der Waals surface area (Å²) in [5.74, 6) is 0.0299. The van der Waals surface area contributed by atoms with Gasteiger partial charge in [0.2, 0.25) is 15.9 Å². The van der Waals surface area contributed by atoms with Crippen LogP contribution in [0.15, 0.2) is 24.3 Å². The lowest BCUT2D eigenvalue weighted by Crippen LogP contribution is -2.44. The van der Waals surface area contributed by atoms with Crippen molar-refractivity contribution in [3.05, 3.63) is 24.3 Å². The first-order valence-electron chi connectivity index (χ1n) is 8.22. The van der Waals surface area contributed by atoms with Crippen LogP contribution in [0.3, 0.4) is 0 Å². The van der Waals surface area contributed by atoms with Crippen molar-refractivity contribution in [2.24, 2.45) is 11.7 Å². The molecule has 1 unspecified atom stereocenters. The number of carbonyl (C=O) groups is 1. The molecule has 7 nitrogen and oxygen atoms in total. The van der Waals surface area contributed by atoms with E-state index in [-0.39, 0.29) is 30.0 Å². The van der Waals surface area contributed by atoms with E-state index < -0.39 is 16.1 Å². The first kappa shape index (κ1) is 20.0. The van der Waals surface area contributed by atoms with Crippen molar-refractivity contribution in [1.82, 2.24) is 0 Å². The van der Waals surface area contributed by atoms with E-state index in [1.54, 1.807) is 24.3 Å². The monoisotopic (exact) mass is 389 g/mol. The van der Waals surface area contributed by atoms with E-state index in [0.29, 0.717) is 37.6 Å². The van der Waals surface area contributed by atoms with Crippen molar-refractivity contribution in [1.29, 1.82) is 0 Å². The molecule has 3 N–H and O–H groups in total. The Kier molecular flexibility index (Phi) is 6.67. The fourth-order valence-electron chi connectivity index (χ4n) is 3.18. The Labute approximate surface area is 154 Å². The number of rotatable bonds is 4. The van der Waals surface area contributed by atoms with E-state index in [0.717, 1.165) is 12.8 Å². The Bertz CT molecular complexity index is 707. The minimum Gasteiger partial charge on any atom is -0.381 e. The van der Waals surface area contributed by atoms with E-state index in [1.807, 2.05) is 0 Å². The van der Waals surface area contributed by atoms with Crippen LogP contribution in [0.5, 0.6) is 0 Å². The molecule has 2 aliphatic rings. The van der Waals surface area contributed by atoms with Gasteiger partial charge < -0.3 is 15.8 Å². The minimum absolute atomic E-state index is 0. The zero-order valence-electron chi connectivity index (χ0n) is 13.9. The molecule has 25 heavy (non-hydrogen) atoms. The van der Waals surface area contributed by atoms with Crippen LogP contribution in [0.1, 0.15) is 19.3 Å². The number of nitrogens with one attached hydrogen (secondary N) is 1. The number of hydrogen-bond acceptors (Lipinski definition) is 5. The molecule has 0 spiro atoms. The molecule has 9 heteroatoms. The molecule has 1 atom stereocenters. The second kappa shape index (κ2) is 8.35. The highest BCUT2D eigenvalue weighted by atomic mass is 35.5. The van der Waals surface area contributed by atoms with E-state index >= 15 is 0 Å². The van der Waals surface area contributed by atoms with E-state index in [1.165, 1.54) is 4.31 Å². The van der Waals surface area contributed by atoms with Gasteiger partial charge in [-0.25, -0.2) is 8.42 Å². The number of sulfonamides is 1. The molecule has 0 aromatic heterocycles. The van der Waals surface area contributed by atoms with Gasteiger partial charge in [0.1, 0.15) is 0 Å². The summed E-state index contributed by atoms with van der Waals surface area (Å²) in [5, 5.41) is 2.80. The van der Waals surface area contributed by atoms with Crippen molar-refractivity contribution < 1.29 is 17.9 Å². The van der Waals surface area contributed by atoms with Crippen LogP contribution in [0.4, 0.5) is 11.4 Å². The van der Waals surface area contributed by atoms with Crippen molar-refractivity contribution in [2.45, 2.75) is 25.3 Å². The van der Waals surface area contributed by atoms with Crippen molar-refractivity contribution in [2.75, 3.05) is 35.1 Å². The number of nitrogens with zero attached hydrogens (tertiary/aromatic N) is 1. The van der Waals surface area contributed by atoms with Crippen LogP contribution >= 0.6 is 12.4 Å². The minimum atomic E-state index is -3.24.